The Labute approximate surface area is 106 Å². The number of hydrogen-bond donors (Lipinski definition) is 2. The zero-order valence-corrected chi connectivity index (χ0v) is 10.4. The highest BCUT2D eigenvalue weighted by molar-refractivity contribution is 5.62. The highest BCUT2D eigenvalue weighted by atomic mass is 15.2. The van der Waals surface area contributed by atoms with Crippen molar-refractivity contribution >= 4 is 17.3 Å². The lowest BCUT2D eigenvalue weighted by molar-refractivity contribution is 0.859. The maximum atomic E-state index is 5.69. The molecule has 0 bridgehead atoms. The standard InChI is InChI=1S/C13H17N5/c1-18(9-6-10-4-7-16-8-5-10)12-3-2-11(14)13(15)17-12/h2-5,7-8H,6,9,14H2,1H3,(H2,15,17). The molecule has 0 spiro atoms. The fourth-order valence-electron chi connectivity index (χ4n) is 1.65. The van der Waals surface area contributed by atoms with Crippen molar-refractivity contribution in [3.63, 3.8) is 0 Å². The summed E-state index contributed by atoms with van der Waals surface area (Å²) in [7, 11) is 1.99. The molecule has 0 amide bonds. The van der Waals surface area contributed by atoms with Gasteiger partial charge >= 0.3 is 0 Å². The first-order valence-corrected chi connectivity index (χ1v) is 5.79. The molecule has 2 aromatic rings. The van der Waals surface area contributed by atoms with Crippen molar-refractivity contribution in [2.24, 2.45) is 0 Å². The van der Waals surface area contributed by atoms with Gasteiger partial charge in [-0.3, -0.25) is 4.98 Å². The molecule has 4 N–H and O–H groups in total. The van der Waals surface area contributed by atoms with Crippen LogP contribution < -0.4 is 16.4 Å². The molecule has 0 saturated heterocycles. The molecule has 5 heteroatoms. The van der Waals surface area contributed by atoms with Gasteiger partial charge in [0.2, 0.25) is 0 Å². The Morgan fingerprint density at radius 1 is 1.11 bits per heavy atom. The highest BCUT2D eigenvalue weighted by Gasteiger charge is 2.05. The average Bonchev–Trinajstić information content (AvgIpc) is 2.40. The van der Waals surface area contributed by atoms with E-state index in [9.17, 15) is 0 Å². The van der Waals surface area contributed by atoms with Crippen molar-refractivity contribution in [2.45, 2.75) is 6.42 Å². The minimum absolute atomic E-state index is 0.378. The third kappa shape index (κ3) is 2.88. The number of hydrogen-bond acceptors (Lipinski definition) is 5. The summed E-state index contributed by atoms with van der Waals surface area (Å²) in [4.78, 5) is 10.3. The van der Waals surface area contributed by atoms with Crippen LogP contribution in [0.3, 0.4) is 0 Å². The number of nitrogen functional groups attached to an aromatic ring is 2. The van der Waals surface area contributed by atoms with Gasteiger partial charge in [-0.1, -0.05) is 0 Å². The van der Waals surface area contributed by atoms with Crippen LogP contribution in [0.15, 0.2) is 36.7 Å². The van der Waals surface area contributed by atoms with Gasteiger partial charge in [-0.15, -0.1) is 0 Å². The van der Waals surface area contributed by atoms with Gasteiger partial charge in [0.15, 0.2) is 0 Å². The molecule has 2 heterocycles. The van der Waals surface area contributed by atoms with Crippen molar-refractivity contribution in [3.8, 4) is 0 Å². The van der Waals surface area contributed by atoms with E-state index in [0.717, 1.165) is 18.8 Å². The van der Waals surface area contributed by atoms with Gasteiger partial charge in [0.25, 0.3) is 0 Å². The first-order chi connectivity index (χ1) is 8.66. The van der Waals surface area contributed by atoms with Crippen LogP contribution in [0, 0.1) is 0 Å². The Morgan fingerprint density at radius 2 is 1.83 bits per heavy atom. The first kappa shape index (κ1) is 12.2. The molecule has 5 nitrogen and oxygen atoms in total. The van der Waals surface area contributed by atoms with Crippen LogP contribution in [0.2, 0.25) is 0 Å². The van der Waals surface area contributed by atoms with Crippen molar-refractivity contribution in [1.29, 1.82) is 0 Å². The lowest BCUT2D eigenvalue weighted by Gasteiger charge is -2.18. The summed E-state index contributed by atoms with van der Waals surface area (Å²) >= 11 is 0. The fraction of sp³-hybridized carbons (Fsp3) is 0.231. The van der Waals surface area contributed by atoms with Gasteiger partial charge in [0, 0.05) is 26.0 Å². The lowest BCUT2D eigenvalue weighted by atomic mass is 10.2. The van der Waals surface area contributed by atoms with E-state index in [1.54, 1.807) is 18.5 Å². The van der Waals surface area contributed by atoms with Crippen molar-refractivity contribution < 1.29 is 0 Å². The summed E-state index contributed by atoms with van der Waals surface area (Å²) in [5.74, 6) is 1.21. The number of nitrogens with zero attached hydrogens (tertiary/aromatic N) is 3. The van der Waals surface area contributed by atoms with Gasteiger partial charge in [-0.2, -0.15) is 0 Å². The summed E-state index contributed by atoms with van der Waals surface area (Å²) in [6, 6.07) is 7.68. The molecule has 0 atom stereocenters. The molecule has 0 saturated carbocycles. The number of rotatable bonds is 4. The minimum Gasteiger partial charge on any atom is -0.396 e. The largest absolute Gasteiger partial charge is 0.396 e. The second kappa shape index (κ2) is 5.35. The number of nitrogens with two attached hydrogens (primary N) is 2. The Kier molecular flexibility index (Phi) is 3.62. The number of likely N-dealkylation sites (N-methyl/N-ethyl adjacent to an activating group) is 1. The van der Waals surface area contributed by atoms with Crippen LogP contribution in [0.4, 0.5) is 17.3 Å². The molecule has 0 aliphatic rings. The monoisotopic (exact) mass is 243 g/mol. The second-order valence-corrected chi connectivity index (χ2v) is 4.17. The van der Waals surface area contributed by atoms with Crippen LogP contribution >= 0.6 is 0 Å². The topological polar surface area (TPSA) is 81.1 Å². The van der Waals surface area contributed by atoms with Gasteiger partial charge in [-0.05, 0) is 36.2 Å². The van der Waals surface area contributed by atoms with E-state index >= 15 is 0 Å². The smallest absolute Gasteiger partial charge is 0.149 e. The molecule has 94 valence electrons. The number of aromatic nitrogens is 2. The van der Waals surface area contributed by atoms with Gasteiger partial charge in [0.05, 0.1) is 5.69 Å². The molecule has 0 aliphatic heterocycles. The number of anilines is 3. The molecule has 2 aromatic heterocycles. The molecule has 2 rings (SSSR count). The Morgan fingerprint density at radius 3 is 2.50 bits per heavy atom. The van der Waals surface area contributed by atoms with Gasteiger partial charge < -0.3 is 16.4 Å². The first-order valence-electron chi connectivity index (χ1n) is 5.79. The zero-order chi connectivity index (χ0) is 13.0. The van der Waals surface area contributed by atoms with Crippen LogP contribution in [0.5, 0.6) is 0 Å². The van der Waals surface area contributed by atoms with Crippen LogP contribution in [0.25, 0.3) is 0 Å². The highest BCUT2D eigenvalue weighted by Crippen LogP contribution is 2.17. The fourth-order valence-corrected chi connectivity index (χ4v) is 1.65. The van der Waals surface area contributed by atoms with Gasteiger partial charge in [0.1, 0.15) is 11.6 Å². The summed E-state index contributed by atoms with van der Waals surface area (Å²) in [5, 5.41) is 0. The van der Waals surface area contributed by atoms with Crippen LogP contribution in [-0.2, 0) is 6.42 Å². The molecule has 0 unspecified atom stereocenters. The molecular weight excluding hydrogens is 226 g/mol. The Balaban J connectivity index is 1.99. The Hall–Kier alpha value is -2.30. The second-order valence-electron chi connectivity index (χ2n) is 4.17. The van der Waals surface area contributed by atoms with E-state index in [0.29, 0.717) is 11.5 Å². The van der Waals surface area contributed by atoms with Crippen LogP contribution in [-0.4, -0.2) is 23.6 Å². The molecule has 0 radical (unpaired) electrons. The van der Waals surface area contributed by atoms with Crippen molar-refractivity contribution in [2.75, 3.05) is 30.0 Å². The van der Waals surface area contributed by atoms with E-state index in [-0.39, 0.29) is 0 Å². The van der Waals surface area contributed by atoms with Crippen molar-refractivity contribution in [1.82, 2.24) is 9.97 Å². The third-order valence-electron chi connectivity index (χ3n) is 2.82. The normalized spacial score (nSPS) is 10.3. The summed E-state index contributed by atoms with van der Waals surface area (Å²) in [6.07, 6.45) is 4.54. The molecule has 0 fully saturated rings. The predicted octanol–water partition coefficient (Wildman–Crippen LogP) is 1.32. The van der Waals surface area contributed by atoms with E-state index in [1.165, 1.54) is 5.56 Å². The van der Waals surface area contributed by atoms with E-state index in [2.05, 4.69) is 14.9 Å². The van der Waals surface area contributed by atoms with E-state index in [4.69, 9.17) is 11.5 Å². The molecule has 18 heavy (non-hydrogen) atoms. The summed E-state index contributed by atoms with van der Waals surface area (Å²) < 4.78 is 0. The summed E-state index contributed by atoms with van der Waals surface area (Å²) in [6.45, 7) is 0.861. The maximum absolute atomic E-state index is 5.69. The quantitative estimate of drug-likeness (QED) is 0.846. The molecule has 0 aliphatic carbocycles. The van der Waals surface area contributed by atoms with Crippen molar-refractivity contribution in [3.05, 3.63) is 42.2 Å². The number of pyridine rings is 2. The maximum Gasteiger partial charge on any atom is 0.149 e. The molecule has 0 aromatic carbocycles. The Bertz CT molecular complexity index is 512. The minimum atomic E-state index is 0.378. The summed E-state index contributed by atoms with van der Waals surface area (Å²) in [5.41, 5.74) is 13.1. The third-order valence-corrected chi connectivity index (χ3v) is 2.82. The average molecular weight is 243 g/mol. The molecular formula is C13H17N5. The zero-order valence-electron chi connectivity index (χ0n) is 10.4. The SMILES string of the molecule is CN(CCc1ccncc1)c1ccc(N)c(N)n1. The van der Waals surface area contributed by atoms with Gasteiger partial charge in [-0.25, -0.2) is 4.98 Å². The van der Waals surface area contributed by atoms with E-state index in [1.807, 2.05) is 25.2 Å². The predicted molar refractivity (Wildman–Crippen MR) is 74.3 cm³/mol. The lowest BCUT2D eigenvalue weighted by Crippen LogP contribution is -2.21. The van der Waals surface area contributed by atoms with E-state index < -0.39 is 0 Å². The van der Waals surface area contributed by atoms with Crippen LogP contribution in [0.1, 0.15) is 5.56 Å².